The van der Waals surface area contributed by atoms with E-state index in [1.807, 2.05) is 25.1 Å². The van der Waals surface area contributed by atoms with E-state index in [1.54, 1.807) is 43.3 Å². The van der Waals surface area contributed by atoms with Gasteiger partial charge in [0, 0.05) is 15.7 Å². The number of esters is 1. The van der Waals surface area contributed by atoms with Crippen LogP contribution >= 0.6 is 15.9 Å². The molecule has 0 aliphatic rings. The maximum absolute atomic E-state index is 12.8. The first-order valence-electron chi connectivity index (χ1n) is 11.7. The number of benzene rings is 3. The molecule has 1 amide bonds. The van der Waals surface area contributed by atoms with Gasteiger partial charge in [0.2, 0.25) is 0 Å². The Bertz CT molecular complexity index is 1440. The topological polar surface area (TPSA) is 121 Å². The molecule has 3 aromatic carbocycles. The third-order valence-electron chi connectivity index (χ3n) is 5.20. The van der Waals surface area contributed by atoms with Crippen molar-refractivity contribution in [2.45, 2.75) is 20.5 Å². The van der Waals surface area contributed by atoms with Crippen LogP contribution in [0.2, 0.25) is 0 Å². The molecule has 0 aliphatic carbocycles. The summed E-state index contributed by atoms with van der Waals surface area (Å²) < 4.78 is 17.2. The lowest BCUT2D eigenvalue weighted by molar-refractivity contribution is -0.112. The zero-order chi connectivity index (χ0) is 27.5. The highest BCUT2D eigenvalue weighted by atomic mass is 79.9. The standard InChI is InChI=1S/C29H24BrN3O5/c1-3-36-26-14-22(25(30)15-27(26)38-18-21-8-6-5-7-20(21)16-31)13-23(17-32)28(34)33-24-11-9-19(10-12-24)29(35)37-4-2/h5-15H,3-4,18H2,1-2H3,(H,33,34)/b23-13+. The monoisotopic (exact) mass is 573 g/mol. The molecule has 1 N–H and O–H groups in total. The predicted molar refractivity (Wildman–Crippen MR) is 145 cm³/mol. The van der Waals surface area contributed by atoms with E-state index in [-0.39, 0.29) is 18.8 Å². The van der Waals surface area contributed by atoms with E-state index < -0.39 is 11.9 Å². The Hall–Kier alpha value is -4.60. The van der Waals surface area contributed by atoms with Crippen LogP contribution in [0.25, 0.3) is 6.08 Å². The van der Waals surface area contributed by atoms with Crippen LogP contribution in [0.4, 0.5) is 5.69 Å². The van der Waals surface area contributed by atoms with Gasteiger partial charge in [-0.05, 0) is 68.0 Å². The molecule has 0 bridgehead atoms. The Morgan fingerprint density at radius 3 is 2.34 bits per heavy atom. The second kappa shape index (κ2) is 13.6. The predicted octanol–water partition coefficient (Wildman–Crippen LogP) is 6.02. The number of nitriles is 2. The first-order chi connectivity index (χ1) is 18.4. The van der Waals surface area contributed by atoms with Crippen molar-refractivity contribution in [1.29, 1.82) is 10.5 Å². The molecule has 3 rings (SSSR count). The van der Waals surface area contributed by atoms with Gasteiger partial charge in [0.1, 0.15) is 18.2 Å². The van der Waals surface area contributed by atoms with Crippen molar-refractivity contribution in [3.05, 3.63) is 93.0 Å². The summed E-state index contributed by atoms with van der Waals surface area (Å²) >= 11 is 3.48. The van der Waals surface area contributed by atoms with Gasteiger partial charge in [0.15, 0.2) is 11.5 Å². The fourth-order valence-corrected chi connectivity index (χ4v) is 3.80. The molecule has 192 valence electrons. The van der Waals surface area contributed by atoms with Gasteiger partial charge in [-0.15, -0.1) is 0 Å². The minimum Gasteiger partial charge on any atom is -0.490 e. The van der Waals surface area contributed by atoms with Crippen LogP contribution in [-0.4, -0.2) is 25.1 Å². The first kappa shape index (κ1) is 28.0. The third kappa shape index (κ3) is 7.22. The van der Waals surface area contributed by atoms with Crippen molar-refractivity contribution < 1.29 is 23.8 Å². The number of halogens is 1. The van der Waals surface area contributed by atoms with Gasteiger partial charge in [-0.1, -0.05) is 34.1 Å². The molecule has 0 aromatic heterocycles. The normalized spacial score (nSPS) is 10.6. The van der Waals surface area contributed by atoms with Crippen molar-refractivity contribution >= 4 is 39.6 Å². The number of carbonyl (C=O) groups excluding carboxylic acids is 2. The van der Waals surface area contributed by atoms with E-state index in [1.165, 1.54) is 18.2 Å². The quantitative estimate of drug-likeness (QED) is 0.179. The Balaban J connectivity index is 1.81. The van der Waals surface area contributed by atoms with Crippen molar-refractivity contribution in [1.82, 2.24) is 0 Å². The molecule has 8 nitrogen and oxygen atoms in total. The number of ether oxygens (including phenoxy) is 3. The largest absolute Gasteiger partial charge is 0.490 e. The molecule has 0 fully saturated rings. The van der Waals surface area contributed by atoms with Gasteiger partial charge < -0.3 is 19.5 Å². The maximum atomic E-state index is 12.8. The highest BCUT2D eigenvalue weighted by molar-refractivity contribution is 9.10. The average Bonchev–Trinajstić information content (AvgIpc) is 2.92. The summed E-state index contributed by atoms with van der Waals surface area (Å²) in [6.45, 7) is 4.33. The molecule has 0 heterocycles. The van der Waals surface area contributed by atoms with E-state index in [9.17, 15) is 20.1 Å². The lowest BCUT2D eigenvalue weighted by Gasteiger charge is -2.15. The van der Waals surface area contributed by atoms with Gasteiger partial charge in [0.05, 0.1) is 30.4 Å². The molecule has 0 radical (unpaired) electrons. The Morgan fingerprint density at radius 1 is 0.974 bits per heavy atom. The molecule has 0 saturated carbocycles. The number of hydrogen-bond donors (Lipinski definition) is 1. The first-order valence-corrected chi connectivity index (χ1v) is 12.5. The number of nitrogens with one attached hydrogen (secondary N) is 1. The molecule has 38 heavy (non-hydrogen) atoms. The van der Waals surface area contributed by atoms with E-state index in [2.05, 4.69) is 27.3 Å². The van der Waals surface area contributed by atoms with Crippen molar-refractivity contribution in [3.63, 3.8) is 0 Å². The number of hydrogen-bond acceptors (Lipinski definition) is 7. The van der Waals surface area contributed by atoms with Gasteiger partial charge in [-0.3, -0.25) is 4.79 Å². The second-order valence-corrected chi connectivity index (χ2v) is 8.59. The van der Waals surface area contributed by atoms with E-state index in [0.29, 0.717) is 45.0 Å². The van der Waals surface area contributed by atoms with E-state index in [0.717, 1.165) is 5.56 Å². The fraction of sp³-hybridized carbons (Fsp3) is 0.172. The molecule has 0 spiro atoms. The summed E-state index contributed by atoms with van der Waals surface area (Å²) in [5, 5.41) is 21.6. The summed E-state index contributed by atoms with van der Waals surface area (Å²) in [4.78, 5) is 24.6. The lowest BCUT2D eigenvalue weighted by Crippen LogP contribution is -2.13. The molecule has 0 atom stereocenters. The van der Waals surface area contributed by atoms with Crippen LogP contribution in [0, 0.1) is 22.7 Å². The zero-order valence-corrected chi connectivity index (χ0v) is 22.4. The third-order valence-corrected chi connectivity index (χ3v) is 5.89. The van der Waals surface area contributed by atoms with Crippen molar-refractivity contribution in [2.75, 3.05) is 18.5 Å². The lowest BCUT2D eigenvalue weighted by atomic mass is 10.1. The van der Waals surface area contributed by atoms with Crippen LogP contribution < -0.4 is 14.8 Å². The summed E-state index contributed by atoms with van der Waals surface area (Å²) in [7, 11) is 0. The van der Waals surface area contributed by atoms with E-state index >= 15 is 0 Å². The van der Waals surface area contributed by atoms with Crippen molar-refractivity contribution in [3.8, 4) is 23.6 Å². The van der Waals surface area contributed by atoms with Crippen LogP contribution in [0.1, 0.15) is 40.9 Å². The minimum atomic E-state index is -0.616. The van der Waals surface area contributed by atoms with Crippen LogP contribution in [0.3, 0.4) is 0 Å². The minimum absolute atomic E-state index is 0.140. The van der Waals surface area contributed by atoms with Gasteiger partial charge >= 0.3 is 5.97 Å². The number of anilines is 1. The SMILES string of the molecule is CCOC(=O)c1ccc(NC(=O)/C(C#N)=C/c2cc(OCC)c(OCc3ccccc3C#N)cc2Br)cc1. The highest BCUT2D eigenvalue weighted by Gasteiger charge is 2.15. The summed E-state index contributed by atoms with van der Waals surface area (Å²) in [6.07, 6.45) is 1.43. The Kier molecular flexibility index (Phi) is 10.0. The molecule has 9 heteroatoms. The van der Waals surface area contributed by atoms with Gasteiger partial charge in [0.25, 0.3) is 5.91 Å². The second-order valence-electron chi connectivity index (χ2n) is 7.73. The number of amides is 1. The molecule has 0 aliphatic heterocycles. The molecular formula is C29H24BrN3O5. The molecule has 0 saturated heterocycles. The smallest absolute Gasteiger partial charge is 0.338 e. The van der Waals surface area contributed by atoms with Gasteiger partial charge in [-0.2, -0.15) is 10.5 Å². The molecule has 0 unspecified atom stereocenters. The highest BCUT2D eigenvalue weighted by Crippen LogP contribution is 2.35. The fourth-order valence-electron chi connectivity index (χ4n) is 3.36. The zero-order valence-electron chi connectivity index (χ0n) is 20.8. The Labute approximate surface area is 229 Å². The number of nitrogens with zero attached hydrogens (tertiary/aromatic N) is 2. The Morgan fingerprint density at radius 2 is 1.68 bits per heavy atom. The number of rotatable bonds is 10. The maximum Gasteiger partial charge on any atom is 0.338 e. The van der Waals surface area contributed by atoms with Crippen LogP contribution in [-0.2, 0) is 16.1 Å². The van der Waals surface area contributed by atoms with Crippen molar-refractivity contribution in [2.24, 2.45) is 0 Å². The molecule has 3 aromatic rings. The average molecular weight is 574 g/mol. The van der Waals surface area contributed by atoms with Crippen LogP contribution in [0.15, 0.2) is 70.7 Å². The summed E-state index contributed by atoms with van der Waals surface area (Å²) in [6, 6.07) is 20.7. The van der Waals surface area contributed by atoms with E-state index in [4.69, 9.17) is 14.2 Å². The van der Waals surface area contributed by atoms with Crippen LogP contribution in [0.5, 0.6) is 11.5 Å². The number of carbonyl (C=O) groups is 2. The summed E-state index contributed by atoms with van der Waals surface area (Å²) in [5.41, 5.74) is 2.41. The molecular weight excluding hydrogens is 550 g/mol. The summed E-state index contributed by atoms with van der Waals surface area (Å²) in [5.74, 6) is -0.216. The van der Waals surface area contributed by atoms with Gasteiger partial charge in [-0.25, -0.2) is 4.79 Å².